The number of nitrogens with zero attached hydrogens (tertiary/aromatic N) is 1. The van der Waals surface area contributed by atoms with Crippen molar-refractivity contribution in [3.05, 3.63) is 0 Å². The Hall–Kier alpha value is -0.0400. The molecule has 1 nitrogen and oxygen atoms in total. The third-order valence-corrected chi connectivity index (χ3v) is 4.75. The SMILES string of the molecule is CC(C)C1CCN(C(C)C)C2CCCC12. The predicted molar refractivity (Wildman–Crippen MR) is 65.9 cm³/mol. The average molecular weight is 209 g/mol. The van der Waals surface area contributed by atoms with Crippen LogP contribution in [0.5, 0.6) is 0 Å². The van der Waals surface area contributed by atoms with Gasteiger partial charge >= 0.3 is 0 Å². The molecule has 1 aliphatic heterocycles. The van der Waals surface area contributed by atoms with E-state index >= 15 is 0 Å². The van der Waals surface area contributed by atoms with E-state index in [-0.39, 0.29) is 0 Å². The third kappa shape index (κ3) is 2.08. The number of hydrogen-bond acceptors (Lipinski definition) is 1. The van der Waals surface area contributed by atoms with E-state index in [9.17, 15) is 0 Å². The fraction of sp³-hybridized carbons (Fsp3) is 1.00. The van der Waals surface area contributed by atoms with Crippen molar-refractivity contribution in [2.45, 2.75) is 65.5 Å². The van der Waals surface area contributed by atoms with Crippen LogP contribution in [0, 0.1) is 17.8 Å². The van der Waals surface area contributed by atoms with Crippen LogP contribution in [0.25, 0.3) is 0 Å². The second-order valence-corrected chi connectivity index (χ2v) is 6.19. The van der Waals surface area contributed by atoms with Crippen molar-refractivity contribution < 1.29 is 0 Å². The van der Waals surface area contributed by atoms with Crippen molar-refractivity contribution >= 4 is 0 Å². The van der Waals surface area contributed by atoms with Crippen molar-refractivity contribution in [3.8, 4) is 0 Å². The molecule has 2 fully saturated rings. The van der Waals surface area contributed by atoms with Crippen LogP contribution >= 0.6 is 0 Å². The monoisotopic (exact) mass is 209 g/mol. The van der Waals surface area contributed by atoms with Gasteiger partial charge in [-0.3, -0.25) is 4.90 Å². The zero-order chi connectivity index (χ0) is 11.0. The summed E-state index contributed by atoms with van der Waals surface area (Å²) in [6.07, 6.45) is 5.88. The molecule has 1 aliphatic carbocycles. The second-order valence-electron chi connectivity index (χ2n) is 6.19. The lowest BCUT2D eigenvalue weighted by Crippen LogP contribution is -2.50. The van der Waals surface area contributed by atoms with E-state index in [1.165, 1.54) is 32.2 Å². The van der Waals surface area contributed by atoms with Gasteiger partial charge in [-0.1, -0.05) is 20.3 Å². The Morgan fingerprint density at radius 3 is 2.33 bits per heavy atom. The zero-order valence-electron chi connectivity index (χ0n) is 10.9. The largest absolute Gasteiger partial charge is 0.298 e. The summed E-state index contributed by atoms with van der Waals surface area (Å²) in [5.74, 6) is 2.92. The molecular weight excluding hydrogens is 182 g/mol. The first-order chi connectivity index (χ1) is 7.11. The summed E-state index contributed by atoms with van der Waals surface area (Å²) < 4.78 is 0. The van der Waals surface area contributed by atoms with Gasteiger partial charge in [0.15, 0.2) is 0 Å². The van der Waals surface area contributed by atoms with Crippen LogP contribution in [0.4, 0.5) is 0 Å². The van der Waals surface area contributed by atoms with Crippen molar-refractivity contribution in [3.63, 3.8) is 0 Å². The highest BCUT2D eigenvalue weighted by Gasteiger charge is 2.42. The number of likely N-dealkylation sites (tertiary alicyclic amines) is 1. The highest BCUT2D eigenvalue weighted by atomic mass is 15.2. The quantitative estimate of drug-likeness (QED) is 0.672. The molecule has 88 valence electrons. The van der Waals surface area contributed by atoms with E-state index in [2.05, 4.69) is 32.6 Å². The van der Waals surface area contributed by atoms with E-state index < -0.39 is 0 Å². The molecule has 1 heterocycles. The van der Waals surface area contributed by atoms with Gasteiger partial charge in [0.25, 0.3) is 0 Å². The standard InChI is InChI=1S/C14H27N/c1-10(2)12-8-9-15(11(3)4)14-7-5-6-13(12)14/h10-14H,5-9H2,1-4H3. The van der Waals surface area contributed by atoms with Crippen LogP contribution in [-0.4, -0.2) is 23.5 Å². The average Bonchev–Trinajstić information content (AvgIpc) is 2.63. The summed E-state index contributed by atoms with van der Waals surface area (Å²) in [6.45, 7) is 10.9. The fourth-order valence-electron chi connectivity index (χ4n) is 4.03. The van der Waals surface area contributed by atoms with Gasteiger partial charge in [-0.05, 0) is 57.4 Å². The smallest absolute Gasteiger partial charge is 0.0129 e. The third-order valence-electron chi connectivity index (χ3n) is 4.75. The van der Waals surface area contributed by atoms with Crippen LogP contribution in [-0.2, 0) is 0 Å². The van der Waals surface area contributed by atoms with Crippen LogP contribution in [0.15, 0.2) is 0 Å². The maximum atomic E-state index is 2.77. The summed E-state index contributed by atoms with van der Waals surface area (Å²) in [6, 6.07) is 1.68. The summed E-state index contributed by atoms with van der Waals surface area (Å²) >= 11 is 0. The van der Waals surface area contributed by atoms with Gasteiger partial charge < -0.3 is 0 Å². The molecule has 0 aromatic rings. The molecule has 0 N–H and O–H groups in total. The molecule has 0 spiro atoms. The number of rotatable bonds is 2. The number of piperidine rings is 1. The highest BCUT2D eigenvalue weighted by Crippen LogP contribution is 2.43. The first-order valence-corrected chi connectivity index (χ1v) is 6.87. The second kappa shape index (κ2) is 4.45. The maximum Gasteiger partial charge on any atom is 0.0129 e. The van der Waals surface area contributed by atoms with Gasteiger partial charge in [0, 0.05) is 12.1 Å². The molecule has 0 amide bonds. The summed E-state index contributed by atoms with van der Waals surface area (Å²) in [5, 5.41) is 0. The Morgan fingerprint density at radius 2 is 1.73 bits per heavy atom. The Bertz CT molecular complexity index is 187. The Morgan fingerprint density at radius 1 is 1.00 bits per heavy atom. The van der Waals surface area contributed by atoms with E-state index in [4.69, 9.17) is 0 Å². The van der Waals surface area contributed by atoms with Crippen molar-refractivity contribution in [1.29, 1.82) is 0 Å². The number of hydrogen-bond donors (Lipinski definition) is 0. The van der Waals surface area contributed by atoms with Gasteiger partial charge in [-0.15, -0.1) is 0 Å². The molecular formula is C14H27N. The lowest BCUT2D eigenvalue weighted by molar-refractivity contribution is 0.0267. The van der Waals surface area contributed by atoms with Crippen LogP contribution in [0.3, 0.4) is 0 Å². The molecule has 2 aliphatic rings. The molecule has 3 unspecified atom stereocenters. The highest BCUT2D eigenvalue weighted by molar-refractivity contribution is 4.95. The molecule has 0 aromatic heterocycles. The minimum Gasteiger partial charge on any atom is -0.298 e. The van der Waals surface area contributed by atoms with Gasteiger partial charge in [-0.25, -0.2) is 0 Å². The Labute approximate surface area is 95.2 Å². The zero-order valence-corrected chi connectivity index (χ0v) is 10.9. The van der Waals surface area contributed by atoms with Gasteiger partial charge in [0.2, 0.25) is 0 Å². The Kier molecular flexibility index (Phi) is 3.39. The normalized spacial score (nSPS) is 37.6. The first-order valence-electron chi connectivity index (χ1n) is 6.87. The Balaban J connectivity index is 2.09. The topological polar surface area (TPSA) is 3.24 Å². The first kappa shape index (κ1) is 11.4. The van der Waals surface area contributed by atoms with Gasteiger partial charge in [-0.2, -0.15) is 0 Å². The van der Waals surface area contributed by atoms with E-state index in [1.54, 1.807) is 0 Å². The van der Waals surface area contributed by atoms with E-state index in [1.807, 2.05) is 0 Å². The lowest BCUT2D eigenvalue weighted by Gasteiger charge is -2.46. The van der Waals surface area contributed by atoms with Crippen molar-refractivity contribution in [1.82, 2.24) is 4.90 Å². The van der Waals surface area contributed by atoms with Crippen molar-refractivity contribution in [2.75, 3.05) is 6.54 Å². The molecule has 0 bridgehead atoms. The van der Waals surface area contributed by atoms with Crippen LogP contribution in [0.2, 0.25) is 0 Å². The minimum absolute atomic E-state index is 0.753. The molecule has 0 aromatic carbocycles. The van der Waals surface area contributed by atoms with E-state index in [0.717, 1.165) is 29.8 Å². The minimum atomic E-state index is 0.753. The molecule has 1 saturated carbocycles. The summed E-state index contributed by atoms with van der Waals surface area (Å²) in [7, 11) is 0. The predicted octanol–water partition coefficient (Wildman–Crippen LogP) is 3.54. The fourth-order valence-corrected chi connectivity index (χ4v) is 4.03. The van der Waals surface area contributed by atoms with Crippen LogP contribution in [0.1, 0.15) is 53.4 Å². The summed E-state index contributed by atoms with van der Waals surface area (Å²) in [4.78, 5) is 2.77. The van der Waals surface area contributed by atoms with Gasteiger partial charge in [0.05, 0.1) is 0 Å². The molecule has 1 heteroatoms. The molecule has 1 saturated heterocycles. The lowest BCUT2D eigenvalue weighted by atomic mass is 9.75. The van der Waals surface area contributed by atoms with Crippen molar-refractivity contribution in [2.24, 2.45) is 17.8 Å². The molecule has 3 atom stereocenters. The maximum absolute atomic E-state index is 2.77. The summed E-state index contributed by atoms with van der Waals surface area (Å²) in [5.41, 5.74) is 0. The molecule has 2 rings (SSSR count). The molecule has 15 heavy (non-hydrogen) atoms. The molecule has 0 radical (unpaired) electrons. The number of fused-ring (bicyclic) bond motifs is 1. The van der Waals surface area contributed by atoms with Gasteiger partial charge in [0.1, 0.15) is 0 Å². The van der Waals surface area contributed by atoms with Crippen LogP contribution < -0.4 is 0 Å². The van der Waals surface area contributed by atoms with E-state index in [0.29, 0.717) is 0 Å².